The first-order valence-corrected chi connectivity index (χ1v) is 6.29. The summed E-state index contributed by atoms with van der Waals surface area (Å²) in [5.41, 5.74) is -0.0133. The molecule has 0 amide bonds. The number of ether oxygens (including phenoxy) is 2. The van der Waals surface area contributed by atoms with Gasteiger partial charge in [-0.25, -0.2) is 9.78 Å². The third kappa shape index (κ3) is 3.71. The van der Waals surface area contributed by atoms with Crippen LogP contribution >= 0.6 is 0 Å². The second kappa shape index (κ2) is 6.56. The van der Waals surface area contributed by atoms with Crippen molar-refractivity contribution in [1.82, 2.24) is 4.98 Å². The van der Waals surface area contributed by atoms with E-state index in [1.54, 1.807) is 18.2 Å². The van der Waals surface area contributed by atoms with E-state index >= 15 is 0 Å². The molecule has 104 valence electrons. The molecule has 1 heterocycles. The molecule has 0 atom stereocenters. The summed E-state index contributed by atoms with van der Waals surface area (Å²) in [5.74, 6) is 0.850. The van der Waals surface area contributed by atoms with Crippen LogP contribution in [0.5, 0.6) is 17.2 Å². The fourth-order valence-electron chi connectivity index (χ4n) is 1.53. The van der Waals surface area contributed by atoms with Crippen LogP contribution in [0.2, 0.25) is 0 Å². The smallest absolute Gasteiger partial charge is 0.354 e. The van der Waals surface area contributed by atoms with Crippen molar-refractivity contribution in [2.24, 2.45) is 0 Å². The van der Waals surface area contributed by atoms with Crippen molar-refractivity contribution in [2.75, 3.05) is 6.61 Å². The molecule has 0 spiro atoms. The molecule has 2 aromatic rings. The largest absolute Gasteiger partial charge is 0.494 e. The van der Waals surface area contributed by atoms with Crippen LogP contribution < -0.4 is 9.47 Å². The van der Waals surface area contributed by atoms with Crippen LogP contribution in [0.1, 0.15) is 23.8 Å². The Balaban J connectivity index is 2.00. The van der Waals surface area contributed by atoms with Crippen molar-refractivity contribution in [3.8, 4) is 17.2 Å². The number of carboxylic acid groups (broad SMARTS) is 1. The molecule has 0 unspecified atom stereocenters. The first-order chi connectivity index (χ1) is 9.69. The number of aromatic carboxylic acids is 1. The summed E-state index contributed by atoms with van der Waals surface area (Å²) in [6.45, 7) is 2.73. The zero-order chi connectivity index (χ0) is 14.4. The van der Waals surface area contributed by atoms with Crippen molar-refractivity contribution in [3.05, 3.63) is 48.3 Å². The van der Waals surface area contributed by atoms with Crippen LogP contribution in [0.4, 0.5) is 0 Å². The molecule has 1 aromatic carbocycles. The summed E-state index contributed by atoms with van der Waals surface area (Å²) < 4.78 is 11.0. The molecule has 20 heavy (non-hydrogen) atoms. The van der Waals surface area contributed by atoms with Gasteiger partial charge in [-0.1, -0.05) is 6.92 Å². The number of carbonyl (C=O) groups is 1. The lowest BCUT2D eigenvalue weighted by molar-refractivity contribution is 0.0690. The maximum absolute atomic E-state index is 10.7. The maximum atomic E-state index is 10.7. The second-order valence-electron chi connectivity index (χ2n) is 4.11. The number of benzene rings is 1. The van der Waals surface area contributed by atoms with E-state index in [9.17, 15) is 4.79 Å². The lowest BCUT2D eigenvalue weighted by Gasteiger charge is -2.07. The van der Waals surface area contributed by atoms with Gasteiger partial charge >= 0.3 is 5.97 Å². The summed E-state index contributed by atoms with van der Waals surface area (Å²) in [5, 5.41) is 8.75. The van der Waals surface area contributed by atoms with E-state index in [2.05, 4.69) is 4.98 Å². The summed E-state index contributed by atoms with van der Waals surface area (Å²) in [6.07, 6.45) is 2.34. The zero-order valence-corrected chi connectivity index (χ0v) is 11.1. The topological polar surface area (TPSA) is 68.7 Å². The Morgan fingerprint density at radius 1 is 1.10 bits per heavy atom. The van der Waals surface area contributed by atoms with Gasteiger partial charge in [0.15, 0.2) is 0 Å². The first-order valence-electron chi connectivity index (χ1n) is 6.29. The van der Waals surface area contributed by atoms with Gasteiger partial charge in [-0.15, -0.1) is 0 Å². The number of rotatable bonds is 6. The number of carboxylic acids is 1. The standard InChI is InChI=1S/C15H15NO4/c1-2-9-19-11-3-5-12(6-4-11)20-13-7-8-14(15(17)18)16-10-13/h3-8,10H,2,9H2,1H3,(H,17,18). The Kier molecular flexibility index (Phi) is 4.55. The lowest BCUT2D eigenvalue weighted by Crippen LogP contribution is -1.99. The van der Waals surface area contributed by atoms with Crippen LogP contribution in [0, 0.1) is 0 Å². The van der Waals surface area contributed by atoms with Gasteiger partial charge in [-0.3, -0.25) is 0 Å². The normalized spacial score (nSPS) is 10.1. The van der Waals surface area contributed by atoms with Crippen LogP contribution in [0.15, 0.2) is 42.6 Å². The highest BCUT2D eigenvalue weighted by molar-refractivity contribution is 5.85. The zero-order valence-electron chi connectivity index (χ0n) is 11.1. The SMILES string of the molecule is CCCOc1ccc(Oc2ccc(C(=O)O)nc2)cc1. The molecule has 2 rings (SSSR count). The number of pyridine rings is 1. The van der Waals surface area contributed by atoms with Gasteiger partial charge in [0, 0.05) is 0 Å². The minimum absolute atomic E-state index is 0.0133. The summed E-state index contributed by atoms with van der Waals surface area (Å²) >= 11 is 0. The molecule has 1 aromatic heterocycles. The minimum atomic E-state index is -1.06. The molecular formula is C15H15NO4. The third-order valence-corrected chi connectivity index (χ3v) is 2.49. The summed E-state index contributed by atoms with van der Waals surface area (Å²) in [4.78, 5) is 14.5. The molecule has 0 aliphatic heterocycles. The Morgan fingerprint density at radius 3 is 2.30 bits per heavy atom. The van der Waals surface area contributed by atoms with Gasteiger partial charge in [0.1, 0.15) is 22.9 Å². The van der Waals surface area contributed by atoms with E-state index in [1.807, 2.05) is 19.1 Å². The average molecular weight is 273 g/mol. The fraction of sp³-hybridized carbons (Fsp3) is 0.200. The first kappa shape index (κ1) is 13.9. The van der Waals surface area contributed by atoms with Gasteiger partial charge < -0.3 is 14.6 Å². The lowest BCUT2D eigenvalue weighted by atomic mass is 10.3. The molecule has 0 bridgehead atoms. The van der Waals surface area contributed by atoms with E-state index in [-0.39, 0.29) is 5.69 Å². The highest BCUT2D eigenvalue weighted by Crippen LogP contribution is 2.23. The van der Waals surface area contributed by atoms with Gasteiger partial charge in [0.25, 0.3) is 0 Å². The number of hydrogen-bond acceptors (Lipinski definition) is 4. The molecule has 0 saturated heterocycles. The van der Waals surface area contributed by atoms with Gasteiger partial charge in [0.05, 0.1) is 12.8 Å². The molecule has 0 fully saturated rings. The van der Waals surface area contributed by atoms with Crippen LogP contribution in [-0.4, -0.2) is 22.7 Å². The Labute approximate surface area is 116 Å². The van der Waals surface area contributed by atoms with Crippen LogP contribution in [0.3, 0.4) is 0 Å². The molecule has 0 aliphatic rings. The average Bonchev–Trinajstić information content (AvgIpc) is 2.47. The highest BCUT2D eigenvalue weighted by Gasteiger charge is 2.04. The Hall–Kier alpha value is -2.56. The van der Waals surface area contributed by atoms with E-state index in [0.717, 1.165) is 12.2 Å². The van der Waals surface area contributed by atoms with Gasteiger partial charge in [0.2, 0.25) is 0 Å². The van der Waals surface area contributed by atoms with E-state index in [0.29, 0.717) is 18.1 Å². The van der Waals surface area contributed by atoms with E-state index in [1.165, 1.54) is 12.3 Å². The molecule has 0 saturated carbocycles. The second-order valence-corrected chi connectivity index (χ2v) is 4.11. The Morgan fingerprint density at radius 2 is 1.75 bits per heavy atom. The fourth-order valence-corrected chi connectivity index (χ4v) is 1.53. The molecule has 1 N–H and O–H groups in total. The predicted octanol–water partition coefficient (Wildman–Crippen LogP) is 3.36. The van der Waals surface area contributed by atoms with Gasteiger partial charge in [-0.05, 0) is 42.8 Å². The van der Waals surface area contributed by atoms with Crippen molar-refractivity contribution >= 4 is 5.97 Å². The summed E-state index contributed by atoms with van der Waals surface area (Å²) in [6, 6.07) is 10.2. The molecule has 5 nitrogen and oxygen atoms in total. The predicted molar refractivity (Wildman–Crippen MR) is 73.5 cm³/mol. The molecule has 0 radical (unpaired) electrons. The van der Waals surface area contributed by atoms with E-state index in [4.69, 9.17) is 14.6 Å². The van der Waals surface area contributed by atoms with E-state index < -0.39 is 5.97 Å². The van der Waals surface area contributed by atoms with Crippen LogP contribution in [-0.2, 0) is 0 Å². The minimum Gasteiger partial charge on any atom is -0.494 e. The molecule has 0 aliphatic carbocycles. The number of aromatic nitrogens is 1. The number of hydrogen-bond donors (Lipinski definition) is 1. The molecule has 5 heteroatoms. The van der Waals surface area contributed by atoms with Crippen molar-refractivity contribution in [1.29, 1.82) is 0 Å². The van der Waals surface area contributed by atoms with Crippen molar-refractivity contribution < 1.29 is 19.4 Å². The number of nitrogens with zero attached hydrogens (tertiary/aromatic N) is 1. The Bertz CT molecular complexity index is 563. The quantitative estimate of drug-likeness (QED) is 0.874. The van der Waals surface area contributed by atoms with Crippen LogP contribution in [0.25, 0.3) is 0 Å². The van der Waals surface area contributed by atoms with Crippen molar-refractivity contribution in [3.63, 3.8) is 0 Å². The van der Waals surface area contributed by atoms with Crippen molar-refractivity contribution in [2.45, 2.75) is 13.3 Å². The monoisotopic (exact) mass is 273 g/mol. The van der Waals surface area contributed by atoms with Gasteiger partial charge in [-0.2, -0.15) is 0 Å². The molecular weight excluding hydrogens is 258 g/mol. The third-order valence-electron chi connectivity index (χ3n) is 2.49. The summed E-state index contributed by atoms with van der Waals surface area (Å²) in [7, 11) is 0. The maximum Gasteiger partial charge on any atom is 0.354 e. The highest BCUT2D eigenvalue weighted by atomic mass is 16.5.